The summed E-state index contributed by atoms with van der Waals surface area (Å²) < 4.78 is 6.57. The van der Waals surface area contributed by atoms with Crippen LogP contribution in [0, 0.1) is 11.8 Å². The topological polar surface area (TPSA) is 61.8 Å². The third kappa shape index (κ3) is 7.47. The van der Waals surface area contributed by atoms with Crippen LogP contribution < -0.4 is 10.1 Å². The van der Waals surface area contributed by atoms with Crippen molar-refractivity contribution in [1.29, 1.82) is 0 Å². The number of aliphatic hydroxyl groups excluding tert-OH is 1. The van der Waals surface area contributed by atoms with Crippen molar-refractivity contribution in [2.24, 2.45) is 11.8 Å². The summed E-state index contributed by atoms with van der Waals surface area (Å²) in [6, 6.07) is 6.51. The average molecular weight is 496 g/mol. The van der Waals surface area contributed by atoms with Gasteiger partial charge in [-0.25, -0.2) is 0 Å². The quantitative estimate of drug-likeness (QED) is 0.528. The number of nitrogens with zero attached hydrogens (tertiary/aromatic N) is 1. The van der Waals surface area contributed by atoms with E-state index < -0.39 is 6.10 Å². The summed E-state index contributed by atoms with van der Waals surface area (Å²) in [5.41, 5.74) is 1.35. The fraction of sp³-hybridized carbons (Fsp3) is 0.720. The van der Waals surface area contributed by atoms with Crippen molar-refractivity contribution >= 4 is 21.8 Å². The Balaban J connectivity index is 1.33. The van der Waals surface area contributed by atoms with Crippen LogP contribution >= 0.6 is 15.9 Å². The Bertz CT molecular complexity index is 698. The van der Waals surface area contributed by atoms with Crippen molar-refractivity contribution in [3.05, 3.63) is 28.2 Å². The molecule has 31 heavy (non-hydrogen) atoms. The average Bonchev–Trinajstić information content (AvgIpc) is 2.80. The number of nitrogens with one attached hydrogen (secondary N) is 1. The number of aliphatic hydroxyl groups is 1. The number of benzene rings is 1. The Hall–Kier alpha value is -1.11. The van der Waals surface area contributed by atoms with E-state index in [1.165, 1.54) is 61.8 Å². The molecule has 1 saturated carbocycles. The van der Waals surface area contributed by atoms with Crippen molar-refractivity contribution < 1.29 is 14.6 Å². The lowest BCUT2D eigenvalue weighted by Crippen LogP contribution is -2.43. The molecule has 5 nitrogen and oxygen atoms in total. The van der Waals surface area contributed by atoms with E-state index in [4.69, 9.17) is 4.74 Å². The van der Waals surface area contributed by atoms with Gasteiger partial charge in [-0.3, -0.25) is 4.79 Å². The van der Waals surface area contributed by atoms with E-state index in [0.717, 1.165) is 36.8 Å². The van der Waals surface area contributed by atoms with Crippen LogP contribution in [0.5, 0.6) is 5.75 Å². The molecule has 1 amide bonds. The lowest BCUT2D eigenvalue weighted by Gasteiger charge is -2.34. The van der Waals surface area contributed by atoms with Crippen LogP contribution in [0.2, 0.25) is 0 Å². The predicted octanol–water partition coefficient (Wildman–Crippen LogP) is 4.55. The van der Waals surface area contributed by atoms with Crippen LogP contribution in [0.3, 0.4) is 0 Å². The number of halogens is 1. The first-order valence-electron chi connectivity index (χ1n) is 12.0. The van der Waals surface area contributed by atoms with Gasteiger partial charge in [0.05, 0.1) is 7.11 Å². The van der Waals surface area contributed by atoms with E-state index in [1.807, 2.05) is 13.0 Å². The third-order valence-electron chi connectivity index (χ3n) is 7.20. The van der Waals surface area contributed by atoms with Crippen molar-refractivity contribution in [2.75, 3.05) is 26.7 Å². The predicted molar refractivity (Wildman–Crippen MR) is 128 cm³/mol. The summed E-state index contributed by atoms with van der Waals surface area (Å²) in [5.74, 6) is 2.26. The van der Waals surface area contributed by atoms with Gasteiger partial charge in [-0.1, -0.05) is 22.9 Å². The number of hydrogen-bond donors (Lipinski definition) is 2. The number of amides is 1. The number of carbonyl (C=O) groups is 1. The summed E-state index contributed by atoms with van der Waals surface area (Å²) in [6.07, 6.45) is 9.01. The van der Waals surface area contributed by atoms with Gasteiger partial charge in [0.1, 0.15) is 11.9 Å². The zero-order chi connectivity index (χ0) is 22.2. The number of carbonyl (C=O) groups excluding carboxylic acids is 1. The Morgan fingerprint density at radius 3 is 2.55 bits per heavy atom. The molecule has 1 aliphatic carbocycles. The number of piperidine rings is 1. The molecule has 1 heterocycles. The molecule has 0 spiro atoms. The molecule has 2 fully saturated rings. The lowest BCUT2D eigenvalue weighted by molar-refractivity contribution is -0.130. The first kappa shape index (κ1) is 24.5. The molecule has 1 unspecified atom stereocenters. The minimum Gasteiger partial charge on any atom is -0.497 e. The second kappa shape index (κ2) is 12.2. The molecule has 1 aromatic carbocycles. The second-order valence-corrected chi connectivity index (χ2v) is 10.2. The van der Waals surface area contributed by atoms with Crippen LogP contribution in [0.25, 0.3) is 0 Å². The molecule has 1 atom stereocenters. The Labute approximate surface area is 196 Å². The molecule has 0 radical (unpaired) electrons. The smallest absolute Gasteiger partial charge is 0.249 e. The maximum atomic E-state index is 11.9. The van der Waals surface area contributed by atoms with Crippen LogP contribution in [-0.2, 0) is 11.2 Å². The van der Waals surface area contributed by atoms with Gasteiger partial charge in [0, 0.05) is 10.5 Å². The Kier molecular flexibility index (Phi) is 9.67. The monoisotopic (exact) mass is 494 g/mol. The van der Waals surface area contributed by atoms with E-state index in [9.17, 15) is 9.90 Å². The molecular weight excluding hydrogens is 456 g/mol. The first-order chi connectivity index (χ1) is 15.0. The zero-order valence-electron chi connectivity index (χ0n) is 19.1. The normalized spacial score (nSPS) is 24.0. The molecular formula is C25H39BrN2O3. The summed E-state index contributed by atoms with van der Waals surface area (Å²) in [4.78, 5) is 14.5. The Morgan fingerprint density at radius 2 is 1.90 bits per heavy atom. The largest absolute Gasteiger partial charge is 0.497 e. The minimum absolute atomic E-state index is 0.199. The number of hydrogen-bond acceptors (Lipinski definition) is 4. The molecule has 2 aliphatic rings. The standard InChI is InChI=1S/C25H39BrN2O3/c1-3-24(29)25(30)27-21-6-4-18(5-7-21)10-13-28-14-11-19(12-15-28)16-20-17-22(31-2)8-9-23(20)26/h8-9,17-19,21,24,29H,3-7,10-16H2,1-2H3,(H,27,30). The number of ether oxygens (including phenoxy) is 1. The fourth-order valence-corrected chi connectivity index (χ4v) is 5.41. The third-order valence-corrected chi connectivity index (χ3v) is 7.98. The van der Waals surface area contributed by atoms with Gasteiger partial charge in [0.15, 0.2) is 0 Å². The van der Waals surface area contributed by atoms with Crippen LogP contribution in [0.4, 0.5) is 0 Å². The van der Waals surface area contributed by atoms with Crippen molar-refractivity contribution in [2.45, 2.75) is 76.9 Å². The van der Waals surface area contributed by atoms with Crippen LogP contribution in [0.15, 0.2) is 22.7 Å². The summed E-state index contributed by atoms with van der Waals surface area (Å²) >= 11 is 3.69. The molecule has 174 valence electrons. The highest BCUT2D eigenvalue weighted by Crippen LogP contribution is 2.30. The molecule has 1 aromatic rings. The molecule has 0 aromatic heterocycles. The van der Waals surface area contributed by atoms with Gasteiger partial charge >= 0.3 is 0 Å². The molecule has 1 aliphatic heterocycles. The second-order valence-electron chi connectivity index (χ2n) is 9.39. The molecule has 1 saturated heterocycles. The highest BCUT2D eigenvalue weighted by atomic mass is 79.9. The molecule has 3 rings (SSSR count). The number of rotatable bonds is 9. The Morgan fingerprint density at radius 1 is 1.19 bits per heavy atom. The van der Waals surface area contributed by atoms with Gasteiger partial charge in [-0.2, -0.15) is 0 Å². The lowest BCUT2D eigenvalue weighted by atomic mass is 9.83. The van der Waals surface area contributed by atoms with E-state index in [2.05, 4.69) is 38.3 Å². The van der Waals surface area contributed by atoms with Gasteiger partial charge in [-0.15, -0.1) is 0 Å². The molecule has 0 bridgehead atoms. The maximum absolute atomic E-state index is 11.9. The van der Waals surface area contributed by atoms with E-state index in [1.54, 1.807) is 7.11 Å². The minimum atomic E-state index is -0.856. The zero-order valence-corrected chi connectivity index (χ0v) is 20.7. The fourth-order valence-electron chi connectivity index (χ4n) is 5.00. The maximum Gasteiger partial charge on any atom is 0.249 e. The van der Waals surface area contributed by atoms with Crippen LogP contribution in [0.1, 0.15) is 63.9 Å². The van der Waals surface area contributed by atoms with Gasteiger partial charge < -0.3 is 20.1 Å². The highest BCUT2D eigenvalue weighted by Gasteiger charge is 2.26. The number of methoxy groups -OCH3 is 1. The van der Waals surface area contributed by atoms with E-state index >= 15 is 0 Å². The molecule has 2 N–H and O–H groups in total. The van der Waals surface area contributed by atoms with Gasteiger partial charge in [-0.05, 0) is 113 Å². The highest BCUT2D eigenvalue weighted by molar-refractivity contribution is 9.10. The SMILES string of the molecule is CCC(O)C(=O)NC1CCC(CCN2CCC(Cc3cc(OC)ccc3Br)CC2)CC1. The first-order valence-corrected chi connectivity index (χ1v) is 12.8. The van der Waals surface area contributed by atoms with E-state index in [-0.39, 0.29) is 11.9 Å². The van der Waals surface area contributed by atoms with Crippen molar-refractivity contribution in [1.82, 2.24) is 10.2 Å². The number of likely N-dealkylation sites (tertiary alicyclic amines) is 1. The van der Waals surface area contributed by atoms with Gasteiger partial charge in [0.2, 0.25) is 5.91 Å². The van der Waals surface area contributed by atoms with Crippen LogP contribution in [-0.4, -0.2) is 54.8 Å². The summed E-state index contributed by atoms with van der Waals surface area (Å²) in [5, 5.41) is 12.7. The summed E-state index contributed by atoms with van der Waals surface area (Å²) in [7, 11) is 1.73. The molecule has 6 heteroatoms. The van der Waals surface area contributed by atoms with Gasteiger partial charge in [0.25, 0.3) is 0 Å². The van der Waals surface area contributed by atoms with Crippen molar-refractivity contribution in [3.63, 3.8) is 0 Å². The van der Waals surface area contributed by atoms with E-state index in [0.29, 0.717) is 6.42 Å². The summed E-state index contributed by atoms with van der Waals surface area (Å²) in [6.45, 7) is 5.44. The van der Waals surface area contributed by atoms with Crippen molar-refractivity contribution in [3.8, 4) is 5.75 Å².